The first-order valence-electron chi connectivity index (χ1n) is 7.39. The second-order valence-corrected chi connectivity index (χ2v) is 5.50. The van der Waals surface area contributed by atoms with Crippen LogP contribution in [-0.2, 0) is 13.0 Å². The molecule has 0 saturated carbocycles. The zero-order valence-electron chi connectivity index (χ0n) is 12.7. The molecule has 0 amide bonds. The van der Waals surface area contributed by atoms with Gasteiger partial charge < -0.3 is 16.0 Å². The molecule has 0 aliphatic heterocycles. The maximum Gasteiger partial charge on any atom is 0.122 e. The molecule has 1 heterocycles. The van der Waals surface area contributed by atoms with Crippen molar-refractivity contribution in [2.45, 2.75) is 13.0 Å². The van der Waals surface area contributed by atoms with Crippen molar-refractivity contribution in [2.24, 2.45) is 5.73 Å². The van der Waals surface area contributed by atoms with E-state index in [2.05, 4.69) is 9.55 Å². The van der Waals surface area contributed by atoms with Crippen LogP contribution in [0.5, 0.6) is 0 Å². The molecule has 3 rings (SSSR count). The Kier molecular flexibility index (Phi) is 4.10. The summed E-state index contributed by atoms with van der Waals surface area (Å²) in [7, 11) is 0. The highest BCUT2D eigenvalue weighted by Gasteiger charge is 2.06. The molecule has 5 nitrogen and oxygen atoms in total. The predicted octanol–water partition coefficient (Wildman–Crippen LogP) is 2.39. The number of hydrogen-bond acceptors (Lipinski definition) is 3. The molecular weight excluding hydrogens is 286 g/mol. The van der Waals surface area contributed by atoms with Gasteiger partial charge in [-0.15, -0.1) is 0 Å². The third-order valence-electron chi connectivity index (χ3n) is 3.73. The Morgan fingerprint density at radius 3 is 2.61 bits per heavy atom. The Morgan fingerprint density at radius 1 is 1.09 bits per heavy atom. The van der Waals surface area contributed by atoms with E-state index >= 15 is 0 Å². The van der Waals surface area contributed by atoms with Crippen LogP contribution in [0, 0.1) is 5.41 Å². The van der Waals surface area contributed by atoms with Gasteiger partial charge in [0, 0.05) is 36.6 Å². The smallest absolute Gasteiger partial charge is 0.122 e. The van der Waals surface area contributed by atoms with E-state index in [1.165, 1.54) is 5.56 Å². The molecule has 0 aliphatic carbocycles. The summed E-state index contributed by atoms with van der Waals surface area (Å²) in [5.74, 6) is 1.07. The largest absolute Gasteiger partial charge is 0.399 e. The Hall–Kier alpha value is -3.08. The van der Waals surface area contributed by atoms with E-state index in [1.54, 1.807) is 0 Å². The van der Waals surface area contributed by atoms with Crippen LogP contribution in [0.2, 0.25) is 0 Å². The van der Waals surface area contributed by atoms with Crippen LogP contribution >= 0.6 is 0 Å². The fraction of sp³-hybridized carbons (Fsp3) is 0.111. The highest BCUT2D eigenvalue weighted by atomic mass is 15.1. The number of aromatic nitrogens is 2. The maximum atomic E-state index is 7.54. The van der Waals surface area contributed by atoms with Crippen LogP contribution in [0.15, 0.2) is 60.9 Å². The van der Waals surface area contributed by atoms with Crippen molar-refractivity contribution in [1.82, 2.24) is 9.55 Å². The van der Waals surface area contributed by atoms with Crippen molar-refractivity contribution in [3.8, 4) is 0 Å². The molecule has 0 unspecified atom stereocenters. The molecule has 23 heavy (non-hydrogen) atoms. The first-order chi connectivity index (χ1) is 11.1. The fourth-order valence-corrected chi connectivity index (χ4v) is 2.50. The number of anilines is 1. The molecule has 0 spiro atoms. The molecular formula is C18H19N5. The van der Waals surface area contributed by atoms with Gasteiger partial charge in [-0.3, -0.25) is 5.41 Å². The van der Waals surface area contributed by atoms with Crippen molar-refractivity contribution in [2.75, 3.05) is 5.73 Å². The van der Waals surface area contributed by atoms with E-state index in [4.69, 9.17) is 16.9 Å². The lowest BCUT2D eigenvalue weighted by molar-refractivity contribution is 0.740. The Morgan fingerprint density at radius 2 is 1.87 bits per heavy atom. The minimum absolute atomic E-state index is 0.0829. The number of rotatable bonds is 5. The number of amidine groups is 1. The number of nitrogens with one attached hydrogen (secondary N) is 1. The van der Waals surface area contributed by atoms with Gasteiger partial charge in [-0.05, 0) is 29.3 Å². The third-order valence-corrected chi connectivity index (χ3v) is 3.73. The van der Waals surface area contributed by atoms with Gasteiger partial charge in [-0.25, -0.2) is 4.98 Å². The second-order valence-electron chi connectivity index (χ2n) is 5.50. The lowest BCUT2D eigenvalue weighted by atomic mass is 10.1. The molecule has 3 aromatic rings. The van der Waals surface area contributed by atoms with E-state index in [9.17, 15) is 0 Å². The van der Waals surface area contributed by atoms with E-state index < -0.39 is 0 Å². The van der Waals surface area contributed by atoms with E-state index in [1.807, 2.05) is 60.9 Å². The van der Waals surface area contributed by atoms with Crippen molar-refractivity contribution in [1.29, 1.82) is 5.41 Å². The summed E-state index contributed by atoms with van der Waals surface area (Å²) in [6.07, 6.45) is 4.52. The van der Waals surface area contributed by atoms with Crippen LogP contribution in [0.3, 0.4) is 0 Å². The molecule has 0 fully saturated rings. The lowest BCUT2D eigenvalue weighted by Crippen LogP contribution is -2.12. The zero-order valence-corrected chi connectivity index (χ0v) is 12.7. The van der Waals surface area contributed by atoms with Crippen LogP contribution in [0.4, 0.5) is 5.69 Å². The maximum absolute atomic E-state index is 7.54. The lowest BCUT2D eigenvalue weighted by Gasteiger charge is -2.09. The molecule has 5 heteroatoms. The first-order valence-corrected chi connectivity index (χ1v) is 7.39. The summed E-state index contributed by atoms with van der Waals surface area (Å²) in [5.41, 5.74) is 15.0. The highest BCUT2D eigenvalue weighted by molar-refractivity contribution is 5.95. The number of imidazole rings is 1. The molecule has 0 saturated heterocycles. The van der Waals surface area contributed by atoms with Gasteiger partial charge in [0.2, 0.25) is 0 Å². The van der Waals surface area contributed by atoms with Gasteiger partial charge in [0.15, 0.2) is 0 Å². The van der Waals surface area contributed by atoms with Crippen molar-refractivity contribution < 1.29 is 0 Å². The number of nitrogens with two attached hydrogens (primary N) is 2. The number of hydrogen-bond donors (Lipinski definition) is 3. The number of nitrogens with zero attached hydrogens (tertiary/aromatic N) is 2. The first kappa shape index (κ1) is 14.8. The molecule has 116 valence electrons. The van der Waals surface area contributed by atoms with E-state index in [0.717, 1.165) is 29.1 Å². The summed E-state index contributed by atoms with van der Waals surface area (Å²) in [6.45, 7) is 0.700. The molecule has 2 aromatic carbocycles. The predicted molar refractivity (Wildman–Crippen MR) is 92.4 cm³/mol. The molecule has 5 N–H and O–H groups in total. The quantitative estimate of drug-likeness (QED) is 0.384. The monoisotopic (exact) mass is 305 g/mol. The summed E-state index contributed by atoms with van der Waals surface area (Å²) >= 11 is 0. The SMILES string of the molecule is N=C(N)c1cccc(Cn2ccnc2Cc2ccc(N)cc2)c1. The van der Waals surface area contributed by atoms with Gasteiger partial charge >= 0.3 is 0 Å². The third kappa shape index (κ3) is 3.58. The number of benzene rings is 2. The van der Waals surface area contributed by atoms with E-state index in [0.29, 0.717) is 6.54 Å². The number of nitrogen functional groups attached to an aromatic ring is 2. The van der Waals surface area contributed by atoms with Crippen LogP contribution in [-0.4, -0.2) is 15.4 Å². The Labute approximate surface area is 135 Å². The normalized spacial score (nSPS) is 10.6. The van der Waals surface area contributed by atoms with Crippen molar-refractivity contribution >= 4 is 11.5 Å². The fourth-order valence-electron chi connectivity index (χ4n) is 2.50. The zero-order chi connectivity index (χ0) is 16.2. The van der Waals surface area contributed by atoms with Gasteiger partial charge in [0.05, 0.1) is 0 Å². The molecule has 0 atom stereocenters. The standard InChI is InChI=1S/C18H19N5/c19-16-6-4-13(5-7-16)11-17-22-8-9-23(17)12-14-2-1-3-15(10-14)18(20)21/h1-10H,11-12,19H2,(H3,20,21). The average molecular weight is 305 g/mol. The Bertz CT molecular complexity index is 817. The summed E-state index contributed by atoms with van der Waals surface area (Å²) < 4.78 is 2.11. The molecule has 0 aliphatic rings. The van der Waals surface area contributed by atoms with Crippen LogP contribution < -0.4 is 11.5 Å². The minimum Gasteiger partial charge on any atom is -0.399 e. The van der Waals surface area contributed by atoms with Crippen molar-refractivity contribution in [3.05, 3.63) is 83.4 Å². The van der Waals surface area contributed by atoms with Gasteiger partial charge in [0.1, 0.15) is 11.7 Å². The Balaban J connectivity index is 1.79. The summed E-state index contributed by atoms with van der Waals surface area (Å²) in [5, 5.41) is 7.54. The average Bonchev–Trinajstić information content (AvgIpc) is 2.97. The van der Waals surface area contributed by atoms with Crippen LogP contribution in [0.1, 0.15) is 22.5 Å². The molecule has 1 aromatic heterocycles. The molecule has 0 bridgehead atoms. The van der Waals surface area contributed by atoms with Gasteiger partial charge in [-0.2, -0.15) is 0 Å². The highest BCUT2D eigenvalue weighted by Crippen LogP contribution is 2.13. The molecule has 0 radical (unpaired) electrons. The minimum atomic E-state index is 0.0829. The van der Waals surface area contributed by atoms with Crippen LogP contribution in [0.25, 0.3) is 0 Å². The second kappa shape index (κ2) is 6.36. The summed E-state index contributed by atoms with van der Waals surface area (Å²) in [4.78, 5) is 4.45. The topological polar surface area (TPSA) is 93.7 Å². The summed E-state index contributed by atoms with van der Waals surface area (Å²) in [6, 6.07) is 15.6. The van der Waals surface area contributed by atoms with E-state index in [-0.39, 0.29) is 5.84 Å². The van der Waals surface area contributed by atoms with Gasteiger partial charge in [-0.1, -0.05) is 30.3 Å². The van der Waals surface area contributed by atoms with Crippen molar-refractivity contribution in [3.63, 3.8) is 0 Å². The van der Waals surface area contributed by atoms with Gasteiger partial charge in [0.25, 0.3) is 0 Å².